The fourth-order valence-corrected chi connectivity index (χ4v) is 2.60. The van der Waals surface area contributed by atoms with Gasteiger partial charge in [0.05, 0.1) is 0 Å². The van der Waals surface area contributed by atoms with E-state index in [0.717, 1.165) is 31.5 Å². The van der Waals surface area contributed by atoms with E-state index in [-0.39, 0.29) is 12.5 Å². The van der Waals surface area contributed by atoms with Crippen LogP contribution in [0.1, 0.15) is 35.2 Å². The fraction of sp³-hybridized carbons (Fsp3) is 0.462. The Morgan fingerprint density at radius 2 is 1.75 bits per heavy atom. The van der Waals surface area contributed by atoms with E-state index in [1.54, 1.807) is 24.3 Å². The van der Waals surface area contributed by atoms with Gasteiger partial charge in [-0.2, -0.15) is 13.1 Å². The molecule has 1 aliphatic rings. The molecule has 0 spiro atoms. The Kier molecular flexibility index (Phi) is 4.74. The molecule has 1 fully saturated rings. The molecule has 1 aromatic rings. The maximum absolute atomic E-state index is 12.2. The summed E-state index contributed by atoms with van der Waals surface area (Å²) in [4.78, 5) is 14.1. The lowest BCUT2D eigenvalue weighted by atomic mass is 10.1. The SMILES string of the molecule is NS(=O)(=O)NCc1ccc(C(=O)N2CCCCC2)cc1. The topological polar surface area (TPSA) is 92.5 Å². The van der Waals surface area contributed by atoms with Gasteiger partial charge in [0.25, 0.3) is 16.1 Å². The van der Waals surface area contributed by atoms with Crippen LogP contribution < -0.4 is 9.86 Å². The standard InChI is InChI=1S/C13H19N3O3S/c14-20(18,19)15-10-11-4-6-12(7-5-11)13(17)16-8-2-1-3-9-16/h4-7,15H,1-3,8-10H2,(H2,14,18,19). The lowest BCUT2D eigenvalue weighted by Crippen LogP contribution is -2.35. The van der Waals surface area contributed by atoms with E-state index in [2.05, 4.69) is 4.72 Å². The number of hydrogen-bond donors (Lipinski definition) is 2. The molecule has 1 saturated heterocycles. The van der Waals surface area contributed by atoms with E-state index in [1.807, 2.05) is 4.90 Å². The van der Waals surface area contributed by atoms with Gasteiger partial charge in [-0.05, 0) is 37.0 Å². The van der Waals surface area contributed by atoms with E-state index in [9.17, 15) is 13.2 Å². The summed E-state index contributed by atoms with van der Waals surface area (Å²) in [5.74, 6) is 0.0376. The van der Waals surface area contributed by atoms with Crippen molar-refractivity contribution in [2.24, 2.45) is 5.14 Å². The second-order valence-electron chi connectivity index (χ2n) is 4.92. The van der Waals surface area contributed by atoms with Gasteiger partial charge in [-0.3, -0.25) is 4.79 Å². The molecule has 1 heterocycles. The van der Waals surface area contributed by atoms with Gasteiger partial charge in [0.1, 0.15) is 0 Å². The van der Waals surface area contributed by atoms with Crippen molar-refractivity contribution < 1.29 is 13.2 Å². The summed E-state index contributed by atoms with van der Waals surface area (Å²) >= 11 is 0. The molecule has 20 heavy (non-hydrogen) atoms. The number of piperidine rings is 1. The van der Waals surface area contributed by atoms with E-state index in [4.69, 9.17) is 5.14 Å². The van der Waals surface area contributed by atoms with Crippen LogP contribution in [0.4, 0.5) is 0 Å². The molecule has 0 bridgehead atoms. The number of nitrogens with two attached hydrogens (primary N) is 1. The number of likely N-dealkylation sites (tertiary alicyclic amines) is 1. The first-order chi connectivity index (χ1) is 9.46. The summed E-state index contributed by atoms with van der Waals surface area (Å²) in [6.45, 7) is 1.75. The largest absolute Gasteiger partial charge is 0.339 e. The van der Waals surface area contributed by atoms with Crippen molar-refractivity contribution in [1.29, 1.82) is 0 Å². The van der Waals surface area contributed by atoms with E-state index < -0.39 is 10.2 Å². The molecule has 1 amide bonds. The summed E-state index contributed by atoms with van der Waals surface area (Å²) < 4.78 is 23.8. The number of carbonyl (C=O) groups excluding carboxylic acids is 1. The summed E-state index contributed by atoms with van der Waals surface area (Å²) in [6.07, 6.45) is 3.30. The lowest BCUT2D eigenvalue weighted by Gasteiger charge is -2.26. The first-order valence-corrected chi connectivity index (χ1v) is 8.16. The highest BCUT2D eigenvalue weighted by Crippen LogP contribution is 2.13. The fourth-order valence-electron chi connectivity index (χ4n) is 2.23. The second kappa shape index (κ2) is 6.34. The summed E-state index contributed by atoms with van der Waals surface area (Å²) in [6, 6.07) is 6.90. The average molecular weight is 297 g/mol. The van der Waals surface area contributed by atoms with Gasteiger partial charge in [0.15, 0.2) is 0 Å². The molecule has 3 N–H and O–H groups in total. The third-order valence-electron chi connectivity index (χ3n) is 3.32. The van der Waals surface area contributed by atoms with Gasteiger partial charge in [-0.1, -0.05) is 12.1 Å². The lowest BCUT2D eigenvalue weighted by molar-refractivity contribution is 0.0724. The van der Waals surface area contributed by atoms with Crippen molar-refractivity contribution in [2.75, 3.05) is 13.1 Å². The van der Waals surface area contributed by atoms with Gasteiger partial charge in [-0.15, -0.1) is 0 Å². The second-order valence-corrected chi connectivity index (χ2v) is 6.29. The monoisotopic (exact) mass is 297 g/mol. The predicted octanol–water partition coefficient (Wildman–Crippen LogP) is 0.606. The van der Waals surface area contributed by atoms with E-state index >= 15 is 0 Å². The number of benzene rings is 1. The van der Waals surface area contributed by atoms with Crippen LogP contribution in [0.3, 0.4) is 0 Å². The highest BCUT2D eigenvalue weighted by molar-refractivity contribution is 7.87. The molecule has 0 aliphatic carbocycles. The van der Waals surface area contributed by atoms with Crippen molar-refractivity contribution in [2.45, 2.75) is 25.8 Å². The van der Waals surface area contributed by atoms with Crippen LogP contribution in [0, 0.1) is 0 Å². The Morgan fingerprint density at radius 3 is 2.30 bits per heavy atom. The summed E-state index contributed by atoms with van der Waals surface area (Å²) in [5, 5.41) is 4.86. The van der Waals surface area contributed by atoms with Gasteiger partial charge < -0.3 is 4.90 Å². The third-order valence-corrected chi connectivity index (χ3v) is 3.87. The first kappa shape index (κ1) is 15.0. The molecule has 0 saturated carbocycles. The molecule has 0 unspecified atom stereocenters. The third kappa shape index (κ3) is 4.29. The van der Waals surface area contributed by atoms with E-state index in [1.165, 1.54) is 6.42 Å². The van der Waals surface area contributed by atoms with Crippen molar-refractivity contribution in [3.63, 3.8) is 0 Å². The van der Waals surface area contributed by atoms with Crippen molar-refractivity contribution >= 4 is 16.1 Å². The number of hydrogen-bond acceptors (Lipinski definition) is 3. The maximum Gasteiger partial charge on any atom is 0.274 e. The Hall–Kier alpha value is -1.44. The van der Waals surface area contributed by atoms with Crippen LogP contribution >= 0.6 is 0 Å². The van der Waals surface area contributed by atoms with Crippen LogP contribution in [0.5, 0.6) is 0 Å². The number of nitrogens with zero attached hydrogens (tertiary/aromatic N) is 1. The van der Waals surface area contributed by atoms with Crippen LogP contribution in [-0.4, -0.2) is 32.3 Å². The van der Waals surface area contributed by atoms with E-state index in [0.29, 0.717) is 5.56 Å². The maximum atomic E-state index is 12.2. The Labute approximate surface area is 119 Å². The zero-order valence-corrected chi connectivity index (χ0v) is 12.0. The highest BCUT2D eigenvalue weighted by atomic mass is 32.2. The van der Waals surface area contributed by atoms with Gasteiger partial charge in [0.2, 0.25) is 0 Å². The Balaban J connectivity index is 1.98. The van der Waals surface area contributed by atoms with Crippen molar-refractivity contribution in [3.05, 3.63) is 35.4 Å². The van der Waals surface area contributed by atoms with Crippen LogP contribution in [0.25, 0.3) is 0 Å². The van der Waals surface area contributed by atoms with Crippen molar-refractivity contribution in [3.8, 4) is 0 Å². The van der Waals surface area contributed by atoms with Crippen LogP contribution in [-0.2, 0) is 16.8 Å². The zero-order valence-electron chi connectivity index (χ0n) is 11.2. The first-order valence-electron chi connectivity index (χ1n) is 6.61. The molecule has 6 nitrogen and oxygen atoms in total. The average Bonchev–Trinajstić information content (AvgIpc) is 2.45. The predicted molar refractivity (Wildman–Crippen MR) is 76.1 cm³/mol. The number of nitrogens with one attached hydrogen (secondary N) is 1. The Morgan fingerprint density at radius 1 is 1.15 bits per heavy atom. The zero-order chi connectivity index (χ0) is 14.6. The molecule has 0 radical (unpaired) electrons. The van der Waals surface area contributed by atoms with Gasteiger partial charge in [-0.25, -0.2) is 5.14 Å². The molecule has 1 aromatic carbocycles. The number of carbonyl (C=O) groups is 1. The molecule has 0 aromatic heterocycles. The normalized spacial score (nSPS) is 16.1. The minimum absolute atomic E-state index is 0.0376. The molecule has 110 valence electrons. The smallest absolute Gasteiger partial charge is 0.274 e. The van der Waals surface area contributed by atoms with Crippen LogP contribution in [0.2, 0.25) is 0 Å². The minimum Gasteiger partial charge on any atom is -0.339 e. The summed E-state index contributed by atoms with van der Waals surface area (Å²) in [7, 11) is -3.69. The van der Waals surface area contributed by atoms with Crippen molar-refractivity contribution in [1.82, 2.24) is 9.62 Å². The summed E-state index contributed by atoms with van der Waals surface area (Å²) in [5.41, 5.74) is 1.39. The van der Waals surface area contributed by atoms with Gasteiger partial charge >= 0.3 is 0 Å². The minimum atomic E-state index is -3.69. The van der Waals surface area contributed by atoms with Gasteiger partial charge in [0, 0.05) is 25.2 Å². The number of amides is 1. The Bertz CT molecular complexity index is 563. The molecular formula is C13H19N3O3S. The molecule has 2 rings (SSSR count). The quantitative estimate of drug-likeness (QED) is 0.852. The molecule has 7 heteroatoms. The van der Waals surface area contributed by atoms with Crippen LogP contribution in [0.15, 0.2) is 24.3 Å². The highest BCUT2D eigenvalue weighted by Gasteiger charge is 2.17. The number of rotatable bonds is 4. The molecular weight excluding hydrogens is 278 g/mol. The molecule has 0 atom stereocenters. The molecule has 1 aliphatic heterocycles.